The van der Waals surface area contributed by atoms with Crippen LogP contribution >= 0.6 is 0 Å². The Morgan fingerprint density at radius 1 is 1.24 bits per heavy atom. The van der Waals surface area contributed by atoms with E-state index in [1.54, 1.807) is 12.4 Å². The van der Waals surface area contributed by atoms with Crippen LogP contribution in [0.15, 0.2) is 29.0 Å². The van der Waals surface area contributed by atoms with Crippen molar-refractivity contribution in [3.63, 3.8) is 0 Å². The van der Waals surface area contributed by atoms with Crippen molar-refractivity contribution in [2.75, 3.05) is 6.54 Å². The van der Waals surface area contributed by atoms with E-state index in [9.17, 15) is 0 Å². The van der Waals surface area contributed by atoms with Gasteiger partial charge < -0.3 is 9.84 Å². The van der Waals surface area contributed by atoms with E-state index >= 15 is 0 Å². The average molecular weight is 288 g/mol. The van der Waals surface area contributed by atoms with Gasteiger partial charge >= 0.3 is 0 Å². The molecule has 0 aliphatic rings. The SMILES string of the molecule is CCCNC(Cc1nc(Cc2ccncc2)no1)C(C)C. The fraction of sp³-hybridized carbons (Fsp3) is 0.562. The van der Waals surface area contributed by atoms with E-state index < -0.39 is 0 Å². The highest BCUT2D eigenvalue weighted by molar-refractivity contribution is 5.14. The summed E-state index contributed by atoms with van der Waals surface area (Å²) in [4.78, 5) is 8.50. The Morgan fingerprint density at radius 2 is 2.00 bits per heavy atom. The number of hydrogen-bond donors (Lipinski definition) is 1. The van der Waals surface area contributed by atoms with Crippen LogP contribution in [0, 0.1) is 5.92 Å². The van der Waals surface area contributed by atoms with Crippen LogP contribution in [0.1, 0.15) is 44.5 Å². The summed E-state index contributed by atoms with van der Waals surface area (Å²) >= 11 is 0. The molecule has 21 heavy (non-hydrogen) atoms. The van der Waals surface area contributed by atoms with E-state index in [1.165, 1.54) is 0 Å². The van der Waals surface area contributed by atoms with Gasteiger partial charge in [0.15, 0.2) is 5.82 Å². The van der Waals surface area contributed by atoms with Gasteiger partial charge in [0.2, 0.25) is 5.89 Å². The second-order valence-corrected chi connectivity index (χ2v) is 5.65. The maximum Gasteiger partial charge on any atom is 0.228 e. The van der Waals surface area contributed by atoms with Gasteiger partial charge in [-0.2, -0.15) is 4.98 Å². The molecule has 1 atom stereocenters. The van der Waals surface area contributed by atoms with Gasteiger partial charge in [0.25, 0.3) is 0 Å². The lowest BCUT2D eigenvalue weighted by atomic mass is 10.0. The molecule has 0 fully saturated rings. The van der Waals surface area contributed by atoms with Gasteiger partial charge in [-0.25, -0.2) is 0 Å². The third-order valence-electron chi connectivity index (χ3n) is 3.48. The number of rotatable bonds is 8. The summed E-state index contributed by atoms with van der Waals surface area (Å²) in [6.07, 6.45) is 6.14. The van der Waals surface area contributed by atoms with Gasteiger partial charge in [-0.1, -0.05) is 25.9 Å². The molecule has 5 nitrogen and oxygen atoms in total. The maximum absolute atomic E-state index is 5.38. The predicted octanol–water partition coefficient (Wildman–Crippen LogP) is 2.62. The number of nitrogens with one attached hydrogen (secondary N) is 1. The van der Waals surface area contributed by atoms with Gasteiger partial charge in [-0.3, -0.25) is 4.98 Å². The fourth-order valence-electron chi connectivity index (χ4n) is 2.19. The standard InChI is InChI=1S/C16H24N4O/c1-4-7-18-14(12(2)3)11-16-19-15(20-21-16)10-13-5-8-17-9-6-13/h5-6,8-9,12,14,18H,4,7,10-11H2,1-3H3. The number of pyridine rings is 1. The van der Waals surface area contributed by atoms with E-state index in [0.29, 0.717) is 24.3 Å². The van der Waals surface area contributed by atoms with Crippen LogP contribution in [0.3, 0.4) is 0 Å². The predicted molar refractivity (Wildman–Crippen MR) is 82.0 cm³/mol. The molecule has 5 heteroatoms. The van der Waals surface area contributed by atoms with Crippen molar-refractivity contribution in [2.24, 2.45) is 5.92 Å². The van der Waals surface area contributed by atoms with Crippen LogP contribution in [0.4, 0.5) is 0 Å². The Kier molecular flexibility index (Phi) is 5.87. The first kappa shape index (κ1) is 15.6. The van der Waals surface area contributed by atoms with Crippen LogP contribution in [-0.4, -0.2) is 27.7 Å². The maximum atomic E-state index is 5.38. The van der Waals surface area contributed by atoms with Crippen molar-refractivity contribution in [3.05, 3.63) is 41.8 Å². The van der Waals surface area contributed by atoms with Crippen LogP contribution in [0.5, 0.6) is 0 Å². The van der Waals surface area contributed by atoms with Crippen LogP contribution < -0.4 is 5.32 Å². The molecule has 0 saturated carbocycles. The van der Waals surface area contributed by atoms with Crippen molar-refractivity contribution >= 4 is 0 Å². The minimum Gasteiger partial charge on any atom is -0.339 e. The van der Waals surface area contributed by atoms with Crippen LogP contribution in [0.2, 0.25) is 0 Å². The molecule has 2 heterocycles. The summed E-state index contributed by atoms with van der Waals surface area (Å²) < 4.78 is 5.38. The third kappa shape index (κ3) is 4.93. The van der Waals surface area contributed by atoms with Crippen molar-refractivity contribution in [3.8, 4) is 0 Å². The Bertz CT molecular complexity index is 524. The van der Waals surface area contributed by atoms with Gasteiger partial charge in [-0.05, 0) is 36.6 Å². The van der Waals surface area contributed by atoms with E-state index in [2.05, 4.69) is 41.2 Å². The lowest BCUT2D eigenvalue weighted by Gasteiger charge is -2.20. The average Bonchev–Trinajstić information content (AvgIpc) is 2.91. The normalized spacial score (nSPS) is 12.8. The second kappa shape index (κ2) is 7.88. The zero-order chi connectivity index (χ0) is 15.1. The van der Waals surface area contributed by atoms with E-state index in [-0.39, 0.29) is 0 Å². The summed E-state index contributed by atoms with van der Waals surface area (Å²) in [6.45, 7) is 7.61. The smallest absolute Gasteiger partial charge is 0.228 e. The number of nitrogens with zero attached hydrogens (tertiary/aromatic N) is 3. The highest BCUT2D eigenvalue weighted by Crippen LogP contribution is 2.11. The summed E-state index contributed by atoms with van der Waals surface area (Å²) in [7, 11) is 0. The lowest BCUT2D eigenvalue weighted by Crippen LogP contribution is -2.36. The van der Waals surface area contributed by atoms with Gasteiger partial charge in [0.05, 0.1) is 0 Å². The molecular formula is C16H24N4O. The zero-order valence-corrected chi connectivity index (χ0v) is 13.0. The monoisotopic (exact) mass is 288 g/mol. The lowest BCUT2D eigenvalue weighted by molar-refractivity contribution is 0.325. The molecule has 0 amide bonds. The molecule has 0 aromatic carbocycles. The molecule has 0 bridgehead atoms. The molecule has 114 valence electrons. The molecule has 1 unspecified atom stereocenters. The molecular weight excluding hydrogens is 264 g/mol. The Hall–Kier alpha value is -1.75. The first-order chi connectivity index (χ1) is 10.2. The third-order valence-corrected chi connectivity index (χ3v) is 3.48. The summed E-state index contributed by atoms with van der Waals surface area (Å²) in [5.41, 5.74) is 1.14. The van der Waals surface area contributed by atoms with Crippen LogP contribution in [0.25, 0.3) is 0 Å². The zero-order valence-electron chi connectivity index (χ0n) is 13.0. The summed E-state index contributed by atoms with van der Waals surface area (Å²) in [5.74, 6) is 1.97. The first-order valence-corrected chi connectivity index (χ1v) is 7.62. The molecule has 0 spiro atoms. The molecule has 2 aromatic rings. The van der Waals surface area contributed by atoms with Crippen molar-refractivity contribution in [1.82, 2.24) is 20.4 Å². The minimum absolute atomic E-state index is 0.374. The molecule has 0 aliphatic heterocycles. The van der Waals surface area contributed by atoms with Crippen molar-refractivity contribution in [1.29, 1.82) is 0 Å². The van der Waals surface area contributed by atoms with E-state index in [1.807, 2.05) is 12.1 Å². The Balaban J connectivity index is 1.95. The summed E-state index contributed by atoms with van der Waals surface area (Å²) in [5, 5.41) is 7.61. The first-order valence-electron chi connectivity index (χ1n) is 7.62. The van der Waals surface area contributed by atoms with Gasteiger partial charge in [0, 0.05) is 31.3 Å². The van der Waals surface area contributed by atoms with Crippen molar-refractivity contribution in [2.45, 2.75) is 46.1 Å². The van der Waals surface area contributed by atoms with E-state index in [0.717, 1.165) is 30.8 Å². The molecule has 0 aliphatic carbocycles. The molecule has 0 saturated heterocycles. The van der Waals surface area contributed by atoms with Crippen molar-refractivity contribution < 1.29 is 4.52 Å². The quantitative estimate of drug-likeness (QED) is 0.809. The number of aromatic nitrogens is 3. The topological polar surface area (TPSA) is 63.8 Å². The highest BCUT2D eigenvalue weighted by Gasteiger charge is 2.17. The minimum atomic E-state index is 0.374. The van der Waals surface area contributed by atoms with Gasteiger partial charge in [0.1, 0.15) is 0 Å². The highest BCUT2D eigenvalue weighted by atomic mass is 16.5. The molecule has 1 N–H and O–H groups in total. The fourth-order valence-corrected chi connectivity index (χ4v) is 2.19. The Labute approximate surface area is 126 Å². The molecule has 0 radical (unpaired) electrons. The molecule has 2 aromatic heterocycles. The Morgan fingerprint density at radius 3 is 2.67 bits per heavy atom. The second-order valence-electron chi connectivity index (χ2n) is 5.65. The number of hydrogen-bond acceptors (Lipinski definition) is 5. The van der Waals surface area contributed by atoms with E-state index in [4.69, 9.17) is 4.52 Å². The van der Waals surface area contributed by atoms with Crippen LogP contribution in [-0.2, 0) is 12.8 Å². The largest absolute Gasteiger partial charge is 0.339 e. The molecule has 2 rings (SSSR count). The summed E-state index contributed by atoms with van der Waals surface area (Å²) in [6, 6.07) is 4.31. The van der Waals surface area contributed by atoms with Gasteiger partial charge in [-0.15, -0.1) is 0 Å².